The van der Waals surface area contributed by atoms with Crippen molar-refractivity contribution in [3.05, 3.63) is 63.7 Å². The highest BCUT2D eigenvalue weighted by molar-refractivity contribution is 7.09. The van der Waals surface area contributed by atoms with E-state index in [0.717, 1.165) is 10.5 Å². The van der Waals surface area contributed by atoms with Crippen molar-refractivity contribution in [3.63, 3.8) is 0 Å². The van der Waals surface area contributed by atoms with E-state index in [2.05, 4.69) is 15.3 Å². The summed E-state index contributed by atoms with van der Waals surface area (Å²) in [5, 5.41) is 4.71. The lowest BCUT2D eigenvalue weighted by atomic mass is 10.1. The van der Waals surface area contributed by atoms with Crippen LogP contribution in [0.4, 0.5) is 13.2 Å². The van der Waals surface area contributed by atoms with Crippen LogP contribution in [0, 0.1) is 0 Å². The number of carbonyl (C=O) groups is 1. The number of imidazole rings is 1. The second kappa shape index (κ2) is 6.95. The SMILES string of the molecule is O=C(NCc1nccs1)c1nc2c(C(F)(F)F)cc(-c3ccco3)cn2c1Cl. The Bertz CT molecular complexity index is 1140. The number of thiazole rings is 1. The molecule has 0 radical (unpaired) electrons. The molecule has 4 aromatic heterocycles. The molecule has 144 valence electrons. The maximum atomic E-state index is 13.6. The van der Waals surface area contributed by atoms with Crippen molar-refractivity contribution in [2.75, 3.05) is 0 Å². The molecule has 0 aromatic carbocycles. The molecule has 28 heavy (non-hydrogen) atoms. The summed E-state index contributed by atoms with van der Waals surface area (Å²) in [6.07, 6.45) is -0.431. The van der Waals surface area contributed by atoms with Crippen molar-refractivity contribution in [2.45, 2.75) is 12.7 Å². The second-order valence-electron chi connectivity index (χ2n) is 5.67. The van der Waals surface area contributed by atoms with E-state index in [1.54, 1.807) is 17.6 Å². The standard InChI is InChI=1S/C17H10ClF3N4O2S/c18-14-13(16(26)23-7-12-22-3-5-28-12)24-15-10(17(19,20)21)6-9(8-25(14)15)11-2-1-4-27-11/h1-6,8H,7H2,(H,23,26). The van der Waals surface area contributed by atoms with Gasteiger partial charge in [-0.25, -0.2) is 9.97 Å². The number of hydrogen-bond donors (Lipinski definition) is 1. The largest absolute Gasteiger partial charge is 0.464 e. The molecule has 0 aliphatic heterocycles. The zero-order chi connectivity index (χ0) is 19.9. The molecule has 6 nitrogen and oxygen atoms in total. The summed E-state index contributed by atoms with van der Waals surface area (Å²) in [5.74, 6) is -0.469. The smallest absolute Gasteiger partial charge is 0.420 e. The van der Waals surface area contributed by atoms with E-state index in [1.807, 2.05) is 0 Å². The first-order chi connectivity index (χ1) is 13.3. The number of rotatable bonds is 4. The summed E-state index contributed by atoms with van der Waals surface area (Å²) in [6, 6.07) is 3.99. The summed E-state index contributed by atoms with van der Waals surface area (Å²) >= 11 is 7.53. The lowest BCUT2D eigenvalue weighted by Crippen LogP contribution is -2.23. The fourth-order valence-corrected chi connectivity index (χ4v) is 3.44. The molecule has 1 amide bonds. The topological polar surface area (TPSA) is 72.4 Å². The molecule has 0 spiro atoms. The van der Waals surface area contributed by atoms with Crippen LogP contribution in [0.3, 0.4) is 0 Å². The van der Waals surface area contributed by atoms with Crippen LogP contribution >= 0.6 is 22.9 Å². The highest BCUT2D eigenvalue weighted by Crippen LogP contribution is 2.37. The van der Waals surface area contributed by atoms with Gasteiger partial charge in [0, 0.05) is 23.3 Å². The lowest BCUT2D eigenvalue weighted by molar-refractivity contribution is -0.136. The molecule has 0 fully saturated rings. The van der Waals surface area contributed by atoms with Crippen molar-refractivity contribution in [1.29, 1.82) is 0 Å². The number of furan rings is 1. The number of carbonyl (C=O) groups excluding carboxylic acids is 1. The minimum absolute atomic E-state index is 0.116. The molecular weight excluding hydrogens is 417 g/mol. The van der Waals surface area contributed by atoms with E-state index < -0.39 is 23.3 Å². The maximum Gasteiger partial charge on any atom is 0.420 e. The third kappa shape index (κ3) is 3.36. The van der Waals surface area contributed by atoms with Crippen LogP contribution in [-0.2, 0) is 12.7 Å². The third-order valence-corrected chi connectivity index (χ3v) is 5.01. The Morgan fingerprint density at radius 1 is 1.39 bits per heavy atom. The number of amides is 1. The molecule has 0 aliphatic carbocycles. The Labute approximate surface area is 164 Å². The van der Waals surface area contributed by atoms with Gasteiger partial charge in [-0.1, -0.05) is 11.6 Å². The molecule has 0 atom stereocenters. The Morgan fingerprint density at radius 2 is 2.21 bits per heavy atom. The van der Waals surface area contributed by atoms with Gasteiger partial charge in [-0.05, 0) is 18.2 Å². The summed E-state index contributed by atoms with van der Waals surface area (Å²) in [5.41, 5.74) is -1.64. The van der Waals surface area contributed by atoms with Gasteiger partial charge in [-0.2, -0.15) is 13.2 Å². The van der Waals surface area contributed by atoms with Crippen LogP contribution in [0.25, 0.3) is 17.0 Å². The Kier molecular flexibility index (Phi) is 4.60. The zero-order valence-electron chi connectivity index (χ0n) is 13.8. The normalized spacial score (nSPS) is 11.9. The Balaban J connectivity index is 1.79. The summed E-state index contributed by atoms with van der Waals surface area (Å²) in [6.45, 7) is 0.116. The van der Waals surface area contributed by atoms with Crippen LogP contribution in [0.1, 0.15) is 21.1 Å². The summed E-state index contributed by atoms with van der Waals surface area (Å²) in [4.78, 5) is 20.3. The van der Waals surface area contributed by atoms with Gasteiger partial charge in [0.05, 0.1) is 18.4 Å². The predicted octanol–water partition coefficient (Wildman–Crippen LogP) is 4.65. The quantitative estimate of drug-likeness (QED) is 0.515. The third-order valence-electron chi connectivity index (χ3n) is 3.87. The molecule has 0 saturated carbocycles. The summed E-state index contributed by atoms with van der Waals surface area (Å²) in [7, 11) is 0. The first kappa shape index (κ1) is 18.5. The van der Waals surface area contributed by atoms with E-state index in [-0.39, 0.29) is 28.7 Å². The van der Waals surface area contributed by atoms with Crippen LogP contribution < -0.4 is 5.32 Å². The van der Waals surface area contributed by atoms with Crippen molar-refractivity contribution in [2.24, 2.45) is 0 Å². The van der Waals surface area contributed by atoms with Gasteiger partial charge in [-0.15, -0.1) is 11.3 Å². The van der Waals surface area contributed by atoms with Crippen molar-refractivity contribution in [1.82, 2.24) is 19.7 Å². The molecular formula is C17H10ClF3N4O2S. The van der Waals surface area contributed by atoms with Gasteiger partial charge in [0.25, 0.3) is 5.91 Å². The molecule has 0 unspecified atom stereocenters. The minimum Gasteiger partial charge on any atom is -0.464 e. The monoisotopic (exact) mass is 426 g/mol. The van der Waals surface area contributed by atoms with E-state index in [1.165, 1.54) is 29.9 Å². The van der Waals surface area contributed by atoms with Crippen LogP contribution in [-0.4, -0.2) is 20.3 Å². The number of pyridine rings is 1. The predicted molar refractivity (Wildman–Crippen MR) is 96.2 cm³/mol. The number of fused-ring (bicyclic) bond motifs is 1. The summed E-state index contributed by atoms with van der Waals surface area (Å²) < 4.78 is 47.0. The van der Waals surface area contributed by atoms with Gasteiger partial charge in [0.15, 0.2) is 11.3 Å². The van der Waals surface area contributed by atoms with Crippen molar-refractivity contribution < 1.29 is 22.4 Å². The number of hydrogen-bond acceptors (Lipinski definition) is 5. The van der Waals surface area contributed by atoms with Gasteiger partial charge in [-0.3, -0.25) is 9.20 Å². The molecule has 0 bridgehead atoms. The van der Waals surface area contributed by atoms with Gasteiger partial charge in [0.1, 0.15) is 15.9 Å². The number of halogens is 4. The van der Waals surface area contributed by atoms with E-state index in [9.17, 15) is 18.0 Å². The van der Waals surface area contributed by atoms with Gasteiger partial charge in [0.2, 0.25) is 0 Å². The highest BCUT2D eigenvalue weighted by Gasteiger charge is 2.36. The first-order valence-corrected chi connectivity index (χ1v) is 9.09. The van der Waals surface area contributed by atoms with E-state index >= 15 is 0 Å². The first-order valence-electron chi connectivity index (χ1n) is 7.84. The second-order valence-corrected chi connectivity index (χ2v) is 7.01. The maximum absolute atomic E-state index is 13.6. The molecule has 0 saturated heterocycles. The van der Waals surface area contributed by atoms with Crippen LogP contribution in [0.15, 0.2) is 46.7 Å². The fraction of sp³-hybridized carbons (Fsp3) is 0.118. The van der Waals surface area contributed by atoms with Crippen LogP contribution in [0.5, 0.6) is 0 Å². The molecule has 1 N–H and O–H groups in total. The number of aromatic nitrogens is 3. The van der Waals surface area contributed by atoms with Gasteiger partial charge >= 0.3 is 6.18 Å². The van der Waals surface area contributed by atoms with Crippen LogP contribution in [0.2, 0.25) is 5.15 Å². The van der Waals surface area contributed by atoms with Gasteiger partial charge < -0.3 is 9.73 Å². The Hall–Kier alpha value is -2.85. The fourth-order valence-electron chi connectivity index (χ4n) is 2.63. The van der Waals surface area contributed by atoms with Crippen molar-refractivity contribution >= 4 is 34.5 Å². The number of alkyl halides is 3. The van der Waals surface area contributed by atoms with E-state index in [0.29, 0.717) is 5.01 Å². The molecule has 4 aromatic rings. The minimum atomic E-state index is -4.70. The Morgan fingerprint density at radius 3 is 2.86 bits per heavy atom. The molecule has 11 heteroatoms. The number of nitrogens with one attached hydrogen (secondary N) is 1. The van der Waals surface area contributed by atoms with Crippen molar-refractivity contribution in [3.8, 4) is 11.3 Å². The average Bonchev–Trinajstić information content (AvgIpc) is 3.40. The lowest BCUT2D eigenvalue weighted by Gasteiger charge is -2.10. The van der Waals surface area contributed by atoms with E-state index in [4.69, 9.17) is 16.0 Å². The highest BCUT2D eigenvalue weighted by atomic mass is 35.5. The molecule has 4 rings (SSSR count). The average molecular weight is 427 g/mol. The molecule has 4 heterocycles. The zero-order valence-corrected chi connectivity index (χ0v) is 15.4. The molecule has 0 aliphatic rings. The number of nitrogens with zero attached hydrogens (tertiary/aromatic N) is 3.